The van der Waals surface area contributed by atoms with E-state index in [1.165, 1.54) is 12.1 Å². The largest absolute Gasteiger partial charge is 0.497 e. The van der Waals surface area contributed by atoms with Gasteiger partial charge >= 0.3 is 0 Å². The summed E-state index contributed by atoms with van der Waals surface area (Å²) >= 11 is 0. The summed E-state index contributed by atoms with van der Waals surface area (Å²) in [5.74, 6) is 0.605. The van der Waals surface area contributed by atoms with Gasteiger partial charge in [-0.1, -0.05) is 43.3 Å². The van der Waals surface area contributed by atoms with Gasteiger partial charge in [0, 0.05) is 17.2 Å². The van der Waals surface area contributed by atoms with E-state index in [0.717, 1.165) is 16.5 Å². The second-order valence-corrected chi connectivity index (χ2v) is 6.12. The number of benzene rings is 3. The predicted octanol–water partition coefficient (Wildman–Crippen LogP) is 5.22. The van der Waals surface area contributed by atoms with Gasteiger partial charge in [0.2, 0.25) is 0 Å². The van der Waals surface area contributed by atoms with Gasteiger partial charge in [0.1, 0.15) is 5.75 Å². The second kappa shape index (κ2) is 7.83. The van der Waals surface area contributed by atoms with Gasteiger partial charge in [-0.05, 0) is 47.0 Å². The van der Waals surface area contributed by atoms with Crippen LogP contribution >= 0.6 is 0 Å². The molecule has 0 amide bonds. The maximum absolute atomic E-state index is 12.5. The molecule has 0 N–H and O–H groups in total. The minimum atomic E-state index is -0.393. The molecule has 0 spiro atoms. The van der Waals surface area contributed by atoms with Crippen molar-refractivity contribution in [3.8, 4) is 5.75 Å². The van der Waals surface area contributed by atoms with Gasteiger partial charge in [0.25, 0.3) is 5.69 Å². The Morgan fingerprint density at radius 2 is 1.81 bits per heavy atom. The van der Waals surface area contributed by atoms with Crippen molar-refractivity contribution >= 4 is 28.3 Å². The number of nitro benzene ring substituents is 1. The van der Waals surface area contributed by atoms with Crippen molar-refractivity contribution in [2.45, 2.75) is 13.3 Å². The average molecular weight is 361 g/mol. The maximum atomic E-state index is 12.5. The van der Waals surface area contributed by atoms with E-state index in [-0.39, 0.29) is 11.5 Å². The van der Waals surface area contributed by atoms with Crippen LogP contribution < -0.4 is 4.74 Å². The molecule has 5 heteroatoms. The summed E-state index contributed by atoms with van der Waals surface area (Å²) in [6.07, 6.45) is 3.63. The van der Waals surface area contributed by atoms with E-state index in [1.54, 1.807) is 31.4 Å². The number of nitro groups is 1. The van der Waals surface area contributed by atoms with Crippen molar-refractivity contribution in [1.82, 2.24) is 0 Å². The Kier molecular flexibility index (Phi) is 5.31. The summed E-state index contributed by atoms with van der Waals surface area (Å²) in [4.78, 5) is 23.3. The summed E-state index contributed by atoms with van der Waals surface area (Å²) in [5.41, 5.74) is 1.93. The lowest BCUT2D eigenvalue weighted by molar-refractivity contribution is -0.385. The van der Waals surface area contributed by atoms with Crippen LogP contribution in [0.5, 0.6) is 5.75 Å². The first-order valence-electron chi connectivity index (χ1n) is 8.59. The van der Waals surface area contributed by atoms with Crippen LogP contribution in [0.4, 0.5) is 5.69 Å². The summed E-state index contributed by atoms with van der Waals surface area (Å²) in [7, 11) is 1.61. The van der Waals surface area contributed by atoms with E-state index in [0.29, 0.717) is 23.1 Å². The number of aryl methyl sites for hydroxylation is 1. The van der Waals surface area contributed by atoms with Crippen LogP contribution in [-0.2, 0) is 6.42 Å². The molecule has 3 aromatic carbocycles. The van der Waals surface area contributed by atoms with Crippen molar-refractivity contribution in [3.63, 3.8) is 0 Å². The van der Waals surface area contributed by atoms with E-state index in [9.17, 15) is 14.9 Å². The Labute approximate surface area is 157 Å². The lowest BCUT2D eigenvalue weighted by Gasteiger charge is -2.04. The summed E-state index contributed by atoms with van der Waals surface area (Å²) in [6, 6.07) is 16.1. The highest BCUT2D eigenvalue weighted by Crippen LogP contribution is 2.23. The number of methoxy groups -OCH3 is 1. The first-order valence-corrected chi connectivity index (χ1v) is 8.59. The highest BCUT2D eigenvalue weighted by Gasteiger charge is 2.12. The number of ketones is 1. The lowest BCUT2D eigenvalue weighted by Crippen LogP contribution is -1.96. The van der Waals surface area contributed by atoms with E-state index in [1.807, 2.05) is 37.3 Å². The number of ether oxygens (including phenoxy) is 1. The van der Waals surface area contributed by atoms with Crippen LogP contribution in [-0.4, -0.2) is 17.8 Å². The SMILES string of the molecule is CCc1ccc(/C=C/C(=O)c2ccc3cc(OC)ccc3c2)cc1[N+](=O)[O-]. The first-order chi connectivity index (χ1) is 13.0. The predicted molar refractivity (Wildman–Crippen MR) is 106 cm³/mol. The van der Waals surface area contributed by atoms with Crippen LogP contribution in [0.2, 0.25) is 0 Å². The molecule has 0 aliphatic carbocycles. The summed E-state index contributed by atoms with van der Waals surface area (Å²) < 4.78 is 5.20. The normalized spacial score (nSPS) is 11.0. The molecule has 0 aliphatic rings. The molecular weight excluding hydrogens is 342 g/mol. The number of carbonyl (C=O) groups excluding carboxylic acids is 1. The number of allylic oxidation sites excluding steroid dienone is 1. The molecule has 0 aliphatic heterocycles. The zero-order valence-electron chi connectivity index (χ0n) is 15.1. The molecule has 3 rings (SSSR count). The van der Waals surface area contributed by atoms with Crippen LogP contribution in [0, 0.1) is 10.1 Å². The summed E-state index contributed by atoms with van der Waals surface area (Å²) in [6.45, 7) is 1.87. The number of carbonyl (C=O) groups is 1. The average Bonchev–Trinajstić information content (AvgIpc) is 2.70. The third-order valence-corrected chi connectivity index (χ3v) is 4.45. The van der Waals surface area contributed by atoms with E-state index in [2.05, 4.69) is 0 Å². The van der Waals surface area contributed by atoms with Crippen molar-refractivity contribution in [1.29, 1.82) is 0 Å². The van der Waals surface area contributed by atoms with E-state index >= 15 is 0 Å². The minimum absolute atomic E-state index is 0.0757. The Morgan fingerprint density at radius 3 is 2.52 bits per heavy atom. The standard InChI is InChI=1S/C22H19NO4/c1-3-16-6-4-15(12-21(16)23(25)26)5-11-22(24)19-8-7-18-14-20(27-2)10-9-17(18)13-19/h4-14H,3H2,1-2H3/b11-5+. The van der Waals surface area contributed by atoms with Crippen molar-refractivity contribution < 1.29 is 14.5 Å². The van der Waals surface area contributed by atoms with E-state index in [4.69, 9.17) is 4.74 Å². The first kappa shape index (κ1) is 18.3. The van der Waals surface area contributed by atoms with Crippen LogP contribution in [0.15, 0.2) is 60.7 Å². The molecule has 0 saturated carbocycles. The van der Waals surface area contributed by atoms with Gasteiger partial charge in [-0.15, -0.1) is 0 Å². The molecule has 5 nitrogen and oxygen atoms in total. The fraction of sp³-hybridized carbons (Fsp3) is 0.136. The Hall–Kier alpha value is -3.47. The molecule has 0 fully saturated rings. The molecule has 0 radical (unpaired) electrons. The number of nitrogens with zero attached hydrogens (tertiary/aromatic N) is 1. The number of hydrogen-bond acceptors (Lipinski definition) is 4. The van der Waals surface area contributed by atoms with Crippen LogP contribution in [0.1, 0.15) is 28.4 Å². The molecule has 0 unspecified atom stereocenters. The van der Waals surface area contributed by atoms with Crippen molar-refractivity contribution in [2.75, 3.05) is 7.11 Å². The minimum Gasteiger partial charge on any atom is -0.497 e. The van der Waals surface area contributed by atoms with Gasteiger partial charge in [-0.2, -0.15) is 0 Å². The molecular formula is C22H19NO4. The molecule has 0 bridgehead atoms. The number of fused-ring (bicyclic) bond motifs is 1. The highest BCUT2D eigenvalue weighted by atomic mass is 16.6. The molecule has 136 valence electrons. The van der Waals surface area contributed by atoms with Crippen molar-refractivity contribution in [3.05, 3.63) is 87.5 Å². The highest BCUT2D eigenvalue weighted by molar-refractivity contribution is 6.08. The zero-order chi connectivity index (χ0) is 19.4. The van der Waals surface area contributed by atoms with Gasteiger partial charge in [-0.3, -0.25) is 14.9 Å². The lowest BCUT2D eigenvalue weighted by atomic mass is 10.0. The molecule has 3 aromatic rings. The smallest absolute Gasteiger partial charge is 0.273 e. The van der Waals surface area contributed by atoms with Crippen LogP contribution in [0.3, 0.4) is 0 Å². The van der Waals surface area contributed by atoms with Gasteiger partial charge in [-0.25, -0.2) is 0 Å². The third-order valence-electron chi connectivity index (χ3n) is 4.45. The van der Waals surface area contributed by atoms with Gasteiger partial charge in [0.05, 0.1) is 12.0 Å². The Bertz CT molecular complexity index is 1050. The molecule has 0 aromatic heterocycles. The molecule has 0 atom stereocenters. The quantitative estimate of drug-likeness (QED) is 0.261. The van der Waals surface area contributed by atoms with Crippen LogP contribution in [0.25, 0.3) is 16.8 Å². The molecule has 27 heavy (non-hydrogen) atoms. The fourth-order valence-corrected chi connectivity index (χ4v) is 2.93. The second-order valence-electron chi connectivity index (χ2n) is 6.12. The Morgan fingerprint density at radius 1 is 1.07 bits per heavy atom. The number of rotatable bonds is 6. The molecule has 0 saturated heterocycles. The number of hydrogen-bond donors (Lipinski definition) is 0. The maximum Gasteiger partial charge on any atom is 0.273 e. The Balaban J connectivity index is 1.85. The zero-order valence-corrected chi connectivity index (χ0v) is 15.1. The molecule has 0 heterocycles. The monoisotopic (exact) mass is 361 g/mol. The topological polar surface area (TPSA) is 69.4 Å². The fourth-order valence-electron chi connectivity index (χ4n) is 2.93. The van der Waals surface area contributed by atoms with Gasteiger partial charge in [0.15, 0.2) is 5.78 Å². The van der Waals surface area contributed by atoms with Gasteiger partial charge < -0.3 is 4.74 Å². The summed E-state index contributed by atoms with van der Waals surface area (Å²) in [5, 5.41) is 13.1. The third kappa shape index (κ3) is 4.03. The van der Waals surface area contributed by atoms with Crippen molar-refractivity contribution in [2.24, 2.45) is 0 Å². The van der Waals surface area contributed by atoms with E-state index < -0.39 is 4.92 Å².